The minimum absolute atomic E-state index is 0.0579. The number of alkyl halides is 1. The molecule has 3 N–H and O–H groups in total. The highest BCUT2D eigenvalue weighted by atomic mass is 35.5. The second-order valence-corrected chi connectivity index (χ2v) is 7.48. The van der Waals surface area contributed by atoms with Gasteiger partial charge in [0.25, 0.3) is 0 Å². The number of hydrogen-bond donors (Lipinski definition) is 2. The third-order valence-corrected chi connectivity index (χ3v) is 5.00. The summed E-state index contributed by atoms with van der Waals surface area (Å²) >= 11 is 6.20. The quantitative estimate of drug-likeness (QED) is 0.441. The van der Waals surface area contributed by atoms with E-state index in [1.807, 2.05) is 48.5 Å². The Kier molecular flexibility index (Phi) is 6.21. The fourth-order valence-electron chi connectivity index (χ4n) is 3.15. The number of aromatic nitrogens is 3. The molecule has 0 radical (unpaired) electrons. The topological polar surface area (TPSA) is 81.4 Å². The van der Waals surface area contributed by atoms with Crippen molar-refractivity contribution in [3.63, 3.8) is 0 Å². The number of nitrogens with zero attached hydrogens (tertiary/aromatic N) is 3. The van der Waals surface area contributed by atoms with Gasteiger partial charge in [0.1, 0.15) is 23.1 Å². The summed E-state index contributed by atoms with van der Waals surface area (Å²) in [7, 11) is 0. The van der Waals surface area contributed by atoms with E-state index in [-0.39, 0.29) is 5.28 Å². The van der Waals surface area contributed by atoms with E-state index in [0.717, 1.165) is 16.9 Å². The van der Waals surface area contributed by atoms with Gasteiger partial charge in [-0.1, -0.05) is 24.1 Å². The average Bonchev–Trinajstić information content (AvgIpc) is 3.39. The Morgan fingerprint density at radius 3 is 2.74 bits per heavy atom. The van der Waals surface area contributed by atoms with Crippen LogP contribution in [0.25, 0.3) is 5.52 Å². The van der Waals surface area contributed by atoms with Gasteiger partial charge in [-0.05, 0) is 66.8 Å². The molecular weight excluding hydrogens is 417 g/mol. The van der Waals surface area contributed by atoms with Crippen LogP contribution in [0.15, 0.2) is 59.2 Å². The second-order valence-electron chi connectivity index (χ2n) is 7.14. The van der Waals surface area contributed by atoms with Gasteiger partial charge >= 0.3 is 0 Å². The lowest BCUT2D eigenvalue weighted by Crippen LogP contribution is -2.31. The maximum Gasteiger partial charge on any atom is 0.243 e. The van der Waals surface area contributed by atoms with Crippen LogP contribution in [0.4, 0.5) is 10.2 Å². The van der Waals surface area contributed by atoms with Crippen molar-refractivity contribution in [1.82, 2.24) is 14.6 Å². The molecule has 3 heterocycles. The summed E-state index contributed by atoms with van der Waals surface area (Å²) in [4.78, 5) is 4.31. The maximum atomic E-state index is 13.8. The van der Waals surface area contributed by atoms with Crippen LogP contribution in [0.2, 0.25) is 5.28 Å². The number of anilines is 1. The lowest BCUT2D eigenvalue weighted by Gasteiger charge is -2.11. The van der Waals surface area contributed by atoms with Gasteiger partial charge in [0.15, 0.2) is 5.82 Å². The van der Waals surface area contributed by atoms with Crippen molar-refractivity contribution in [3.05, 3.63) is 82.7 Å². The molecule has 0 aliphatic heterocycles. The molecule has 4 aromatic rings. The molecule has 0 aliphatic carbocycles. The summed E-state index contributed by atoms with van der Waals surface area (Å²) in [6.07, 6.45) is 0.741. The number of halogens is 2. The third kappa shape index (κ3) is 4.88. The van der Waals surface area contributed by atoms with Crippen molar-refractivity contribution in [2.45, 2.75) is 32.1 Å². The number of nitrogens with two attached hydrogens (primary N) is 1. The first-order valence-electron chi connectivity index (χ1n) is 9.82. The predicted octanol–water partition coefficient (Wildman–Crippen LogP) is 4.22. The molecule has 4 rings (SSSR count). The molecule has 0 fully saturated rings. The van der Waals surface area contributed by atoms with Crippen molar-refractivity contribution in [3.8, 4) is 11.8 Å². The van der Waals surface area contributed by atoms with Crippen molar-refractivity contribution in [2.24, 2.45) is 5.73 Å². The zero-order chi connectivity index (χ0) is 21.8. The SMILES string of the molecule is C[C@H](F)[C@H](N)Cc1cc2c(NCc3ccco3)nc(Cl)nn2c1C#Cc1ccccc1. The number of benzene rings is 1. The number of nitrogens with one attached hydrogen (secondary N) is 1. The van der Waals surface area contributed by atoms with Crippen LogP contribution in [-0.4, -0.2) is 26.8 Å². The molecule has 0 saturated carbocycles. The fourth-order valence-corrected chi connectivity index (χ4v) is 3.31. The first kappa shape index (κ1) is 20.9. The van der Waals surface area contributed by atoms with E-state index in [0.29, 0.717) is 30.0 Å². The van der Waals surface area contributed by atoms with Crippen molar-refractivity contribution in [2.75, 3.05) is 5.32 Å². The van der Waals surface area contributed by atoms with Crippen LogP contribution >= 0.6 is 11.6 Å². The van der Waals surface area contributed by atoms with Gasteiger partial charge in [-0.25, -0.2) is 8.91 Å². The molecule has 1 aromatic carbocycles. The van der Waals surface area contributed by atoms with Crippen LogP contribution < -0.4 is 11.1 Å². The van der Waals surface area contributed by atoms with Crippen LogP contribution in [0, 0.1) is 11.8 Å². The Balaban J connectivity index is 1.79. The number of furan rings is 1. The van der Waals surface area contributed by atoms with Gasteiger partial charge in [0.05, 0.1) is 12.8 Å². The zero-order valence-corrected chi connectivity index (χ0v) is 17.6. The Labute approximate surface area is 184 Å². The highest BCUT2D eigenvalue weighted by Gasteiger charge is 2.20. The average molecular weight is 438 g/mol. The largest absolute Gasteiger partial charge is 0.467 e. The number of fused-ring (bicyclic) bond motifs is 1. The number of hydrogen-bond acceptors (Lipinski definition) is 5. The van der Waals surface area contributed by atoms with E-state index in [2.05, 4.69) is 27.2 Å². The van der Waals surface area contributed by atoms with E-state index in [4.69, 9.17) is 21.8 Å². The third-order valence-electron chi connectivity index (χ3n) is 4.84. The van der Waals surface area contributed by atoms with Crippen LogP contribution in [0.5, 0.6) is 0 Å². The minimum Gasteiger partial charge on any atom is -0.467 e. The molecule has 8 heteroatoms. The molecular formula is C23H21ClFN5O. The van der Waals surface area contributed by atoms with E-state index < -0.39 is 12.2 Å². The standard InChI is InChI=1S/C23H21ClFN5O/c1-15(25)19(26)12-17-13-21-22(27-14-18-8-5-11-31-18)28-23(24)29-30(21)20(17)10-9-16-6-3-2-4-7-16/h2-8,11,13,15,19H,12,14,26H2,1H3,(H,27,28,29)/t15-,19+/m0/s1. The van der Waals surface area contributed by atoms with Crippen LogP contribution in [-0.2, 0) is 13.0 Å². The van der Waals surface area contributed by atoms with Crippen molar-refractivity contribution >= 4 is 22.9 Å². The second kappa shape index (κ2) is 9.21. The van der Waals surface area contributed by atoms with Gasteiger partial charge in [0.2, 0.25) is 5.28 Å². The molecule has 2 atom stereocenters. The summed E-state index contributed by atoms with van der Waals surface area (Å²) in [5.74, 6) is 7.56. The zero-order valence-electron chi connectivity index (χ0n) is 16.8. The Morgan fingerprint density at radius 1 is 1.23 bits per heavy atom. The molecule has 0 amide bonds. The highest BCUT2D eigenvalue weighted by molar-refractivity contribution is 6.28. The molecule has 3 aromatic heterocycles. The van der Waals surface area contributed by atoms with E-state index in [1.165, 1.54) is 6.92 Å². The normalized spacial score (nSPS) is 12.9. The van der Waals surface area contributed by atoms with Crippen LogP contribution in [0.3, 0.4) is 0 Å². The fraction of sp³-hybridized carbons (Fsp3) is 0.217. The molecule has 31 heavy (non-hydrogen) atoms. The van der Waals surface area contributed by atoms with Gasteiger partial charge in [-0.2, -0.15) is 4.98 Å². The molecule has 0 aliphatic rings. The first-order chi connectivity index (χ1) is 15.0. The Morgan fingerprint density at radius 2 is 2.03 bits per heavy atom. The van der Waals surface area contributed by atoms with Gasteiger partial charge in [-0.15, -0.1) is 5.10 Å². The minimum atomic E-state index is -1.16. The van der Waals surface area contributed by atoms with E-state index in [1.54, 1.807) is 10.8 Å². The first-order valence-corrected chi connectivity index (χ1v) is 10.2. The van der Waals surface area contributed by atoms with Crippen LogP contribution in [0.1, 0.15) is 29.5 Å². The Bertz CT molecular complexity index is 1230. The predicted molar refractivity (Wildman–Crippen MR) is 119 cm³/mol. The molecule has 0 saturated heterocycles. The highest BCUT2D eigenvalue weighted by Crippen LogP contribution is 2.24. The molecule has 158 valence electrons. The van der Waals surface area contributed by atoms with Crippen molar-refractivity contribution < 1.29 is 8.81 Å². The van der Waals surface area contributed by atoms with Gasteiger partial charge < -0.3 is 15.5 Å². The van der Waals surface area contributed by atoms with E-state index in [9.17, 15) is 4.39 Å². The van der Waals surface area contributed by atoms with Gasteiger partial charge in [0, 0.05) is 11.6 Å². The van der Waals surface area contributed by atoms with E-state index >= 15 is 0 Å². The number of rotatable bonds is 6. The summed E-state index contributed by atoms with van der Waals surface area (Å²) in [6, 6.07) is 14.5. The molecule has 0 spiro atoms. The summed E-state index contributed by atoms with van der Waals surface area (Å²) < 4.78 is 20.8. The monoisotopic (exact) mass is 437 g/mol. The van der Waals surface area contributed by atoms with Gasteiger partial charge in [-0.3, -0.25) is 0 Å². The summed E-state index contributed by atoms with van der Waals surface area (Å²) in [6.45, 7) is 1.87. The lowest BCUT2D eigenvalue weighted by molar-refractivity contribution is 0.304. The smallest absolute Gasteiger partial charge is 0.243 e. The Hall–Kier alpha value is -3.34. The summed E-state index contributed by atoms with van der Waals surface area (Å²) in [5.41, 5.74) is 8.91. The van der Waals surface area contributed by atoms with Crippen molar-refractivity contribution in [1.29, 1.82) is 0 Å². The summed E-state index contributed by atoms with van der Waals surface area (Å²) in [5, 5.41) is 7.61. The molecule has 0 bridgehead atoms. The molecule has 6 nitrogen and oxygen atoms in total. The molecule has 0 unspecified atom stereocenters. The lowest BCUT2D eigenvalue weighted by atomic mass is 10.0. The maximum absolute atomic E-state index is 13.8.